The molecule has 27 heavy (non-hydrogen) atoms. The van der Waals surface area contributed by atoms with Crippen molar-refractivity contribution in [2.45, 2.75) is 37.0 Å². The van der Waals surface area contributed by atoms with E-state index in [1.165, 1.54) is 6.42 Å². The van der Waals surface area contributed by atoms with Crippen LogP contribution >= 0.6 is 0 Å². The molecule has 4 rings (SSSR count). The first kappa shape index (κ1) is 17.7. The van der Waals surface area contributed by atoms with E-state index in [1.54, 1.807) is 12.1 Å². The van der Waals surface area contributed by atoms with Crippen molar-refractivity contribution in [2.24, 2.45) is 5.10 Å². The van der Waals surface area contributed by atoms with Gasteiger partial charge in [0, 0.05) is 11.3 Å². The predicted octanol–water partition coefficient (Wildman–Crippen LogP) is 5.11. The maximum atomic E-state index is 12.9. The third kappa shape index (κ3) is 3.88. The highest BCUT2D eigenvalue weighted by Gasteiger charge is 2.19. The van der Waals surface area contributed by atoms with Crippen LogP contribution in [0.15, 0.2) is 76.7 Å². The summed E-state index contributed by atoms with van der Waals surface area (Å²) in [4.78, 5) is 2.70. The van der Waals surface area contributed by atoms with Crippen LogP contribution in [0.1, 0.15) is 32.1 Å². The van der Waals surface area contributed by atoms with E-state index < -0.39 is 10.0 Å². The molecule has 0 radical (unpaired) electrons. The second kappa shape index (κ2) is 7.53. The second-order valence-electron chi connectivity index (χ2n) is 6.89. The van der Waals surface area contributed by atoms with Crippen molar-refractivity contribution in [1.29, 1.82) is 0 Å². The van der Waals surface area contributed by atoms with Gasteiger partial charge in [-0.1, -0.05) is 61.0 Å². The number of fused-ring (bicyclic) bond motifs is 1. The lowest BCUT2D eigenvalue weighted by molar-refractivity contribution is 0.583. The van der Waals surface area contributed by atoms with Gasteiger partial charge in [-0.15, -0.1) is 0 Å². The van der Waals surface area contributed by atoms with Crippen molar-refractivity contribution in [3.05, 3.63) is 66.7 Å². The molecule has 0 aromatic heterocycles. The van der Waals surface area contributed by atoms with Crippen molar-refractivity contribution < 1.29 is 8.42 Å². The predicted molar refractivity (Wildman–Crippen MR) is 110 cm³/mol. The third-order valence-corrected chi connectivity index (χ3v) is 6.26. The molecule has 3 aromatic rings. The van der Waals surface area contributed by atoms with Crippen molar-refractivity contribution >= 4 is 26.5 Å². The molecule has 1 saturated carbocycles. The van der Waals surface area contributed by atoms with Crippen LogP contribution in [0, 0.1) is 0 Å². The highest BCUT2D eigenvalue weighted by molar-refractivity contribution is 7.89. The molecule has 0 unspecified atom stereocenters. The minimum absolute atomic E-state index is 0.250. The number of hydrogen-bond acceptors (Lipinski definition) is 3. The lowest BCUT2D eigenvalue weighted by Gasteiger charge is -2.14. The Balaban J connectivity index is 1.71. The van der Waals surface area contributed by atoms with Crippen LogP contribution in [-0.2, 0) is 10.0 Å². The van der Waals surface area contributed by atoms with Gasteiger partial charge in [0.05, 0.1) is 4.90 Å². The molecule has 5 heteroatoms. The fourth-order valence-electron chi connectivity index (χ4n) is 3.54. The van der Waals surface area contributed by atoms with E-state index in [9.17, 15) is 8.42 Å². The van der Waals surface area contributed by atoms with Gasteiger partial charge in [-0.2, -0.15) is 13.5 Å². The summed E-state index contributed by atoms with van der Waals surface area (Å²) in [6, 6.07) is 21.1. The minimum Gasteiger partial charge on any atom is -0.200 e. The van der Waals surface area contributed by atoms with E-state index in [1.807, 2.05) is 54.6 Å². The molecular weight excluding hydrogens is 356 g/mol. The maximum Gasteiger partial charge on any atom is 0.277 e. The number of nitrogens with zero attached hydrogens (tertiary/aromatic N) is 1. The first-order valence-electron chi connectivity index (χ1n) is 9.29. The van der Waals surface area contributed by atoms with Crippen molar-refractivity contribution in [1.82, 2.24) is 4.83 Å². The van der Waals surface area contributed by atoms with Gasteiger partial charge in [-0.3, -0.25) is 0 Å². The molecule has 1 N–H and O–H groups in total. The first-order chi connectivity index (χ1) is 13.1. The minimum atomic E-state index is -3.73. The molecule has 3 aromatic carbocycles. The normalized spacial score (nSPS) is 14.9. The average molecular weight is 378 g/mol. The van der Waals surface area contributed by atoms with Gasteiger partial charge in [0.25, 0.3) is 10.0 Å². The molecule has 1 aliphatic rings. The Labute approximate surface area is 160 Å². The van der Waals surface area contributed by atoms with E-state index in [-0.39, 0.29) is 4.90 Å². The molecule has 0 bridgehead atoms. The third-order valence-electron chi connectivity index (χ3n) is 4.99. The smallest absolute Gasteiger partial charge is 0.200 e. The summed E-state index contributed by atoms with van der Waals surface area (Å²) in [6.45, 7) is 0. The fraction of sp³-hybridized carbons (Fsp3) is 0.227. The molecule has 1 fully saturated rings. The summed E-state index contributed by atoms with van der Waals surface area (Å²) in [5.74, 6) is 0. The van der Waals surface area contributed by atoms with Gasteiger partial charge in [0.1, 0.15) is 0 Å². The van der Waals surface area contributed by atoms with E-state index in [0.29, 0.717) is 5.56 Å². The lowest BCUT2D eigenvalue weighted by atomic mass is 9.99. The summed E-state index contributed by atoms with van der Waals surface area (Å²) in [5.41, 5.74) is 2.49. The molecule has 138 valence electrons. The zero-order valence-corrected chi connectivity index (χ0v) is 15.9. The van der Waals surface area contributed by atoms with E-state index in [2.05, 4.69) is 9.93 Å². The highest BCUT2D eigenvalue weighted by atomic mass is 32.2. The quantitative estimate of drug-likeness (QED) is 0.642. The number of benzene rings is 3. The Kier molecular flexibility index (Phi) is 4.94. The van der Waals surface area contributed by atoms with E-state index >= 15 is 0 Å². The molecule has 0 amide bonds. The number of nitrogens with one attached hydrogen (secondary N) is 1. The van der Waals surface area contributed by atoms with Gasteiger partial charge in [0.15, 0.2) is 0 Å². The number of sulfonamides is 1. The van der Waals surface area contributed by atoms with Crippen molar-refractivity contribution in [3.8, 4) is 11.1 Å². The fourth-order valence-corrected chi connectivity index (χ4v) is 4.62. The first-order valence-corrected chi connectivity index (χ1v) is 10.8. The number of rotatable bonds is 4. The SMILES string of the molecule is O=S(=O)(NN=C1CCCCC1)c1ccccc1-c1ccc2ccccc2c1. The van der Waals surface area contributed by atoms with Crippen LogP contribution in [-0.4, -0.2) is 14.1 Å². The lowest BCUT2D eigenvalue weighted by Crippen LogP contribution is -2.21. The zero-order valence-electron chi connectivity index (χ0n) is 15.1. The van der Waals surface area contributed by atoms with Gasteiger partial charge in [-0.05, 0) is 54.2 Å². The zero-order chi connectivity index (χ0) is 18.7. The van der Waals surface area contributed by atoms with Gasteiger partial charge in [0.2, 0.25) is 0 Å². The highest BCUT2D eigenvalue weighted by Crippen LogP contribution is 2.30. The summed E-state index contributed by atoms with van der Waals surface area (Å²) in [6.07, 6.45) is 5.09. The molecule has 0 heterocycles. The molecule has 1 aliphatic carbocycles. The summed E-state index contributed by atoms with van der Waals surface area (Å²) >= 11 is 0. The van der Waals surface area contributed by atoms with Crippen LogP contribution in [0.5, 0.6) is 0 Å². The standard InChI is InChI=1S/C22H22N2O2S/c25-27(26,24-23-20-10-2-1-3-11-20)22-13-7-6-12-21(22)19-15-14-17-8-4-5-9-18(17)16-19/h4-9,12-16,24H,1-3,10-11H2. The van der Waals surface area contributed by atoms with Crippen LogP contribution in [0.25, 0.3) is 21.9 Å². The molecule has 0 saturated heterocycles. The Morgan fingerprint density at radius 3 is 2.30 bits per heavy atom. The summed E-state index contributed by atoms with van der Waals surface area (Å²) in [7, 11) is -3.73. The van der Waals surface area contributed by atoms with Crippen molar-refractivity contribution in [2.75, 3.05) is 0 Å². The maximum absolute atomic E-state index is 12.9. The Morgan fingerprint density at radius 2 is 1.48 bits per heavy atom. The van der Waals surface area contributed by atoms with Crippen LogP contribution in [0.4, 0.5) is 0 Å². The molecule has 0 spiro atoms. The molecule has 0 aliphatic heterocycles. The second-order valence-corrected chi connectivity index (χ2v) is 8.52. The van der Waals surface area contributed by atoms with Gasteiger partial charge < -0.3 is 0 Å². The Bertz CT molecular complexity index is 1100. The van der Waals surface area contributed by atoms with Gasteiger partial charge in [-0.25, -0.2) is 4.83 Å². The van der Waals surface area contributed by atoms with Crippen LogP contribution in [0.2, 0.25) is 0 Å². The van der Waals surface area contributed by atoms with E-state index in [0.717, 1.165) is 47.7 Å². The van der Waals surface area contributed by atoms with Crippen molar-refractivity contribution in [3.63, 3.8) is 0 Å². The largest absolute Gasteiger partial charge is 0.277 e. The Hall–Kier alpha value is -2.66. The summed E-state index contributed by atoms with van der Waals surface area (Å²) < 4.78 is 25.8. The Morgan fingerprint density at radius 1 is 0.778 bits per heavy atom. The topological polar surface area (TPSA) is 58.5 Å². The number of hydrazone groups is 1. The van der Waals surface area contributed by atoms with Gasteiger partial charge >= 0.3 is 0 Å². The number of hydrogen-bond donors (Lipinski definition) is 1. The molecule has 4 nitrogen and oxygen atoms in total. The monoisotopic (exact) mass is 378 g/mol. The van der Waals surface area contributed by atoms with Crippen LogP contribution in [0.3, 0.4) is 0 Å². The average Bonchev–Trinajstić information content (AvgIpc) is 2.73. The summed E-state index contributed by atoms with van der Waals surface area (Å²) in [5, 5.41) is 6.40. The van der Waals surface area contributed by atoms with Crippen LogP contribution < -0.4 is 4.83 Å². The molecule has 0 atom stereocenters. The van der Waals surface area contributed by atoms with E-state index in [4.69, 9.17) is 0 Å². The molecular formula is C22H22N2O2S.